The highest BCUT2D eigenvalue weighted by Gasteiger charge is 2.44. The SMILES string of the molecule is Cc1ccc([C@@]2(C)NC(=O)NC2=O)c(C)c1. The monoisotopic (exact) mass is 218 g/mol. The molecule has 84 valence electrons. The average molecular weight is 218 g/mol. The molecule has 1 aliphatic heterocycles. The van der Waals surface area contributed by atoms with Crippen LogP contribution in [0.1, 0.15) is 23.6 Å². The minimum absolute atomic E-state index is 0.301. The predicted octanol–water partition coefficient (Wildman–Crippen LogP) is 1.36. The first-order valence-corrected chi connectivity index (χ1v) is 5.15. The summed E-state index contributed by atoms with van der Waals surface area (Å²) >= 11 is 0. The van der Waals surface area contributed by atoms with Crippen LogP contribution in [0.15, 0.2) is 18.2 Å². The van der Waals surface area contributed by atoms with Gasteiger partial charge in [0.05, 0.1) is 0 Å². The molecule has 0 aliphatic carbocycles. The molecule has 2 rings (SSSR count). The van der Waals surface area contributed by atoms with Gasteiger partial charge in [-0.2, -0.15) is 0 Å². The van der Waals surface area contributed by atoms with Crippen LogP contribution in [-0.4, -0.2) is 11.9 Å². The number of nitrogens with one attached hydrogen (secondary N) is 2. The minimum atomic E-state index is -0.950. The summed E-state index contributed by atoms with van der Waals surface area (Å²) in [7, 11) is 0. The van der Waals surface area contributed by atoms with Crippen LogP contribution in [0.25, 0.3) is 0 Å². The van der Waals surface area contributed by atoms with E-state index in [1.807, 2.05) is 32.0 Å². The first kappa shape index (κ1) is 10.7. The minimum Gasteiger partial charge on any atom is -0.320 e. The smallest absolute Gasteiger partial charge is 0.320 e. The van der Waals surface area contributed by atoms with E-state index in [0.29, 0.717) is 0 Å². The summed E-state index contributed by atoms with van der Waals surface area (Å²) in [5, 5.41) is 4.92. The molecular formula is C12H14N2O2. The number of carbonyl (C=O) groups excluding carboxylic acids is 2. The quantitative estimate of drug-likeness (QED) is 0.699. The topological polar surface area (TPSA) is 58.2 Å². The van der Waals surface area contributed by atoms with Crippen molar-refractivity contribution in [3.63, 3.8) is 0 Å². The molecule has 0 unspecified atom stereocenters. The molecule has 1 aromatic rings. The predicted molar refractivity (Wildman–Crippen MR) is 59.9 cm³/mol. The van der Waals surface area contributed by atoms with Gasteiger partial charge in [0.15, 0.2) is 0 Å². The van der Waals surface area contributed by atoms with E-state index in [1.54, 1.807) is 6.92 Å². The zero-order chi connectivity index (χ0) is 11.9. The standard InChI is InChI=1S/C12H14N2O2/c1-7-4-5-9(8(2)6-7)12(3)10(15)13-11(16)14-12/h4-6H,1-3H3,(H2,13,14,15,16)/t12-/m1/s1. The summed E-state index contributed by atoms with van der Waals surface area (Å²) < 4.78 is 0. The van der Waals surface area contributed by atoms with Crippen LogP contribution in [0.4, 0.5) is 4.79 Å². The van der Waals surface area contributed by atoms with Crippen LogP contribution in [-0.2, 0) is 10.3 Å². The van der Waals surface area contributed by atoms with E-state index in [9.17, 15) is 9.59 Å². The number of hydrogen-bond donors (Lipinski definition) is 2. The van der Waals surface area contributed by atoms with E-state index in [2.05, 4.69) is 10.6 Å². The molecule has 0 aromatic heterocycles. The van der Waals surface area contributed by atoms with Crippen LogP contribution in [0.2, 0.25) is 0 Å². The highest BCUT2D eigenvalue weighted by molar-refractivity contribution is 6.07. The molecule has 4 nitrogen and oxygen atoms in total. The maximum absolute atomic E-state index is 11.7. The number of benzene rings is 1. The molecule has 3 amide bonds. The van der Waals surface area contributed by atoms with Crippen molar-refractivity contribution in [3.05, 3.63) is 34.9 Å². The average Bonchev–Trinajstić information content (AvgIpc) is 2.40. The van der Waals surface area contributed by atoms with Gasteiger partial charge in [-0.15, -0.1) is 0 Å². The second kappa shape index (κ2) is 3.33. The first-order valence-electron chi connectivity index (χ1n) is 5.15. The van der Waals surface area contributed by atoms with Crippen LogP contribution in [0.3, 0.4) is 0 Å². The molecule has 16 heavy (non-hydrogen) atoms. The summed E-state index contributed by atoms with van der Waals surface area (Å²) in [5.41, 5.74) is 2.02. The highest BCUT2D eigenvalue weighted by Crippen LogP contribution is 2.27. The molecule has 4 heteroatoms. The number of rotatable bonds is 1. The van der Waals surface area contributed by atoms with Crippen molar-refractivity contribution in [1.29, 1.82) is 0 Å². The van der Waals surface area contributed by atoms with E-state index in [-0.39, 0.29) is 5.91 Å². The van der Waals surface area contributed by atoms with Crippen LogP contribution in [0, 0.1) is 13.8 Å². The third-order valence-electron chi connectivity index (χ3n) is 2.97. The van der Waals surface area contributed by atoms with Gasteiger partial charge in [0.1, 0.15) is 5.54 Å². The van der Waals surface area contributed by atoms with E-state index in [0.717, 1.165) is 16.7 Å². The third kappa shape index (κ3) is 1.46. The van der Waals surface area contributed by atoms with E-state index >= 15 is 0 Å². The normalized spacial score (nSPS) is 24.2. The summed E-state index contributed by atoms with van der Waals surface area (Å²) in [6.45, 7) is 5.64. The molecule has 1 aromatic carbocycles. The van der Waals surface area contributed by atoms with Crippen LogP contribution in [0.5, 0.6) is 0 Å². The van der Waals surface area contributed by atoms with Crippen LogP contribution < -0.4 is 10.6 Å². The van der Waals surface area contributed by atoms with Gasteiger partial charge in [-0.25, -0.2) is 4.79 Å². The molecule has 1 aliphatic rings. The number of urea groups is 1. The van der Waals surface area contributed by atoms with E-state index in [1.165, 1.54) is 0 Å². The Morgan fingerprint density at radius 2 is 1.88 bits per heavy atom. The zero-order valence-corrected chi connectivity index (χ0v) is 9.55. The van der Waals surface area contributed by atoms with Crippen molar-refractivity contribution < 1.29 is 9.59 Å². The van der Waals surface area contributed by atoms with Gasteiger partial charge in [-0.3, -0.25) is 10.1 Å². The van der Waals surface area contributed by atoms with Gasteiger partial charge in [0.2, 0.25) is 0 Å². The van der Waals surface area contributed by atoms with Gasteiger partial charge in [0.25, 0.3) is 5.91 Å². The van der Waals surface area contributed by atoms with Crippen molar-refractivity contribution in [3.8, 4) is 0 Å². The largest absolute Gasteiger partial charge is 0.322 e. The fraction of sp³-hybridized carbons (Fsp3) is 0.333. The van der Waals surface area contributed by atoms with E-state index in [4.69, 9.17) is 0 Å². The molecule has 1 fully saturated rings. The molecule has 1 atom stereocenters. The Kier molecular flexibility index (Phi) is 2.22. The molecule has 0 spiro atoms. The fourth-order valence-corrected chi connectivity index (χ4v) is 2.11. The maximum Gasteiger partial charge on any atom is 0.322 e. The van der Waals surface area contributed by atoms with Gasteiger partial charge >= 0.3 is 6.03 Å². The van der Waals surface area contributed by atoms with Crippen molar-refractivity contribution in [1.82, 2.24) is 10.6 Å². The third-order valence-corrected chi connectivity index (χ3v) is 2.97. The summed E-state index contributed by atoms with van der Waals surface area (Å²) in [6.07, 6.45) is 0. The second-order valence-corrected chi connectivity index (χ2v) is 4.35. The highest BCUT2D eigenvalue weighted by atomic mass is 16.2. The molecule has 1 saturated heterocycles. The second-order valence-electron chi connectivity index (χ2n) is 4.35. The Bertz CT molecular complexity index is 482. The Balaban J connectivity index is 2.51. The molecular weight excluding hydrogens is 204 g/mol. The summed E-state index contributed by atoms with van der Waals surface area (Å²) in [4.78, 5) is 22.9. The lowest BCUT2D eigenvalue weighted by Crippen LogP contribution is -2.41. The number of amides is 3. The zero-order valence-electron chi connectivity index (χ0n) is 9.55. The van der Waals surface area contributed by atoms with Crippen molar-refractivity contribution >= 4 is 11.9 Å². The van der Waals surface area contributed by atoms with Crippen molar-refractivity contribution in [2.75, 3.05) is 0 Å². The summed E-state index contributed by atoms with van der Waals surface area (Å²) in [5.74, 6) is -0.301. The molecule has 0 radical (unpaired) electrons. The lowest BCUT2D eigenvalue weighted by atomic mass is 9.88. The first-order chi connectivity index (χ1) is 7.43. The summed E-state index contributed by atoms with van der Waals surface area (Å²) in [6, 6.07) is 5.38. The van der Waals surface area contributed by atoms with Crippen LogP contribution >= 0.6 is 0 Å². The molecule has 0 saturated carbocycles. The van der Waals surface area contributed by atoms with Gasteiger partial charge in [-0.05, 0) is 31.9 Å². The number of aryl methyl sites for hydroxylation is 2. The number of carbonyl (C=O) groups is 2. The number of imide groups is 1. The van der Waals surface area contributed by atoms with Gasteiger partial charge in [-0.1, -0.05) is 23.8 Å². The lowest BCUT2D eigenvalue weighted by molar-refractivity contribution is -0.123. The van der Waals surface area contributed by atoms with E-state index < -0.39 is 11.6 Å². The maximum atomic E-state index is 11.7. The lowest BCUT2D eigenvalue weighted by Gasteiger charge is -2.23. The molecule has 1 heterocycles. The van der Waals surface area contributed by atoms with Crippen molar-refractivity contribution in [2.24, 2.45) is 0 Å². The molecule has 2 N–H and O–H groups in total. The fourth-order valence-electron chi connectivity index (χ4n) is 2.11. The van der Waals surface area contributed by atoms with Gasteiger partial charge < -0.3 is 5.32 Å². The Morgan fingerprint density at radius 1 is 1.19 bits per heavy atom. The number of hydrogen-bond acceptors (Lipinski definition) is 2. The van der Waals surface area contributed by atoms with Gasteiger partial charge in [0, 0.05) is 0 Å². The van der Waals surface area contributed by atoms with Crippen molar-refractivity contribution in [2.45, 2.75) is 26.3 Å². The molecule has 0 bridgehead atoms. The Labute approximate surface area is 94.0 Å². The Hall–Kier alpha value is -1.84. The Morgan fingerprint density at radius 3 is 2.38 bits per heavy atom.